The fraction of sp³-hybridized carbons (Fsp3) is 0.241. The largest absolute Gasteiger partial charge is 0.420 e. The highest BCUT2D eigenvalue weighted by Crippen LogP contribution is 2.34. The Morgan fingerprint density at radius 1 is 1.07 bits per heavy atom. The van der Waals surface area contributed by atoms with Gasteiger partial charge < -0.3 is 26.4 Å². The molecule has 0 spiro atoms. The Hall–Kier alpha value is -4.33. The number of aliphatic hydroxyl groups is 1. The molecule has 0 saturated heterocycles. The number of benzene rings is 3. The van der Waals surface area contributed by atoms with Gasteiger partial charge in [0, 0.05) is 23.7 Å². The van der Waals surface area contributed by atoms with Crippen molar-refractivity contribution in [1.29, 1.82) is 0 Å². The zero-order chi connectivity index (χ0) is 32.4. The Bertz CT molecular complexity index is 1730. The average molecular weight is 651 g/mol. The average Bonchev–Trinajstić information content (AvgIpc) is 3.37. The minimum absolute atomic E-state index is 0.0426. The van der Waals surface area contributed by atoms with Crippen LogP contribution in [0, 0.1) is 6.92 Å². The molecule has 0 fully saturated rings. The Morgan fingerprint density at radius 3 is 2.36 bits per heavy atom. The Balaban J connectivity index is 1.61. The molecule has 0 aliphatic heterocycles. The van der Waals surface area contributed by atoms with Crippen LogP contribution in [0.5, 0.6) is 0 Å². The summed E-state index contributed by atoms with van der Waals surface area (Å²) in [5.74, 6) is -2.14. The van der Waals surface area contributed by atoms with Crippen LogP contribution < -0.4 is 16.4 Å². The zero-order valence-corrected chi connectivity index (χ0v) is 24.9. The number of nitrogens with zero attached hydrogens (tertiary/aromatic N) is 3. The molecule has 0 bridgehead atoms. The van der Waals surface area contributed by atoms with Crippen LogP contribution in [-0.4, -0.2) is 76.0 Å². The molecular weight excluding hydrogens is 624 g/mol. The summed E-state index contributed by atoms with van der Waals surface area (Å²) in [6, 6.07) is 13.9. The van der Waals surface area contributed by atoms with Crippen molar-refractivity contribution >= 4 is 57.5 Å². The first-order valence-corrected chi connectivity index (χ1v) is 13.7. The highest BCUT2D eigenvalue weighted by atomic mass is 35.5. The molecule has 3 amide bonds. The Kier molecular flexibility index (Phi) is 9.42. The van der Waals surface area contributed by atoms with Crippen molar-refractivity contribution in [3.8, 4) is 5.69 Å². The van der Waals surface area contributed by atoms with E-state index in [1.165, 1.54) is 41.2 Å². The first kappa shape index (κ1) is 32.6. The fourth-order valence-corrected chi connectivity index (χ4v) is 5.07. The standard InChI is InChI=1S/C29H27Cl2F3N6O4/c1-16-9-22(19-12-38-40(23(19)10-16)18-6-3-5-17(11-18)26(42)36-13-24(35)41)37-14-28(44,29(32,33)34)15-39(2)27(43)25-20(30)7-4-8-21(25)31/h3-12,37,44H,13-15H2,1-2H3,(H2,35,41)(H,36,42). The molecule has 15 heteroatoms. The lowest BCUT2D eigenvalue weighted by Gasteiger charge is -2.34. The summed E-state index contributed by atoms with van der Waals surface area (Å²) >= 11 is 12.1. The van der Waals surface area contributed by atoms with Gasteiger partial charge in [0.15, 0.2) is 5.60 Å². The third-order valence-corrected chi connectivity index (χ3v) is 7.36. The SMILES string of the molecule is Cc1cc(NCC(O)(CN(C)C(=O)c2c(Cl)cccc2Cl)C(F)(F)F)c2cnn(-c3cccc(C(=O)NCC(N)=O)c3)c2c1. The van der Waals surface area contributed by atoms with Gasteiger partial charge in [-0.3, -0.25) is 14.4 Å². The van der Waals surface area contributed by atoms with E-state index in [0.29, 0.717) is 27.1 Å². The lowest BCUT2D eigenvalue weighted by atomic mass is 10.0. The van der Waals surface area contributed by atoms with Crippen LogP contribution >= 0.6 is 23.2 Å². The molecule has 1 atom stereocenters. The molecule has 1 unspecified atom stereocenters. The number of carbonyl (C=O) groups is 3. The molecule has 232 valence electrons. The number of rotatable bonds is 10. The van der Waals surface area contributed by atoms with Crippen molar-refractivity contribution in [3.63, 3.8) is 0 Å². The summed E-state index contributed by atoms with van der Waals surface area (Å²) in [7, 11) is 1.11. The summed E-state index contributed by atoms with van der Waals surface area (Å²) in [6.07, 6.45) is -3.71. The number of fused-ring (bicyclic) bond motifs is 1. The van der Waals surface area contributed by atoms with E-state index in [1.54, 1.807) is 31.2 Å². The van der Waals surface area contributed by atoms with E-state index < -0.39 is 42.6 Å². The molecule has 0 aliphatic rings. The van der Waals surface area contributed by atoms with Crippen molar-refractivity contribution in [2.75, 3.05) is 32.0 Å². The first-order valence-electron chi connectivity index (χ1n) is 13.0. The second kappa shape index (κ2) is 12.7. The number of nitrogens with two attached hydrogens (primary N) is 1. The maximum Gasteiger partial charge on any atom is 0.420 e. The number of nitrogens with one attached hydrogen (secondary N) is 2. The van der Waals surface area contributed by atoms with Crippen LogP contribution in [0.3, 0.4) is 0 Å². The number of hydrogen-bond donors (Lipinski definition) is 4. The number of hydrogen-bond acceptors (Lipinski definition) is 6. The van der Waals surface area contributed by atoms with Gasteiger partial charge in [0.25, 0.3) is 11.8 Å². The number of likely N-dealkylation sites (N-methyl/N-ethyl adjacent to an activating group) is 1. The topological polar surface area (TPSA) is 143 Å². The van der Waals surface area contributed by atoms with Crippen molar-refractivity contribution in [2.24, 2.45) is 5.73 Å². The van der Waals surface area contributed by atoms with E-state index in [0.717, 1.165) is 7.05 Å². The van der Waals surface area contributed by atoms with Crippen molar-refractivity contribution < 1.29 is 32.7 Å². The number of aryl methyl sites for hydroxylation is 1. The van der Waals surface area contributed by atoms with E-state index in [-0.39, 0.29) is 33.4 Å². The highest BCUT2D eigenvalue weighted by molar-refractivity contribution is 6.39. The van der Waals surface area contributed by atoms with E-state index >= 15 is 0 Å². The number of alkyl halides is 3. The van der Waals surface area contributed by atoms with Gasteiger partial charge in [-0.1, -0.05) is 35.3 Å². The van der Waals surface area contributed by atoms with Gasteiger partial charge in [-0.2, -0.15) is 18.3 Å². The van der Waals surface area contributed by atoms with Crippen LogP contribution in [0.2, 0.25) is 10.0 Å². The van der Waals surface area contributed by atoms with E-state index in [2.05, 4.69) is 15.7 Å². The van der Waals surface area contributed by atoms with Crippen LogP contribution in [-0.2, 0) is 4.79 Å². The van der Waals surface area contributed by atoms with Gasteiger partial charge in [-0.05, 0) is 55.0 Å². The van der Waals surface area contributed by atoms with Crippen molar-refractivity contribution in [1.82, 2.24) is 20.0 Å². The third kappa shape index (κ3) is 6.90. The Labute approximate surface area is 259 Å². The molecule has 44 heavy (non-hydrogen) atoms. The number of anilines is 1. The maximum atomic E-state index is 14.3. The molecule has 0 radical (unpaired) electrons. The lowest BCUT2D eigenvalue weighted by molar-refractivity contribution is -0.256. The fourth-order valence-electron chi connectivity index (χ4n) is 4.51. The summed E-state index contributed by atoms with van der Waals surface area (Å²) in [6.45, 7) is -0.748. The van der Waals surface area contributed by atoms with Gasteiger partial charge in [-0.25, -0.2) is 4.68 Å². The van der Waals surface area contributed by atoms with Crippen LogP contribution in [0.4, 0.5) is 18.9 Å². The predicted molar refractivity (Wildman–Crippen MR) is 160 cm³/mol. The second-order valence-electron chi connectivity index (χ2n) is 10.1. The normalized spacial score (nSPS) is 12.9. The van der Waals surface area contributed by atoms with Crippen molar-refractivity contribution in [3.05, 3.63) is 87.5 Å². The van der Waals surface area contributed by atoms with Crippen LogP contribution in [0.25, 0.3) is 16.6 Å². The molecule has 10 nitrogen and oxygen atoms in total. The summed E-state index contributed by atoms with van der Waals surface area (Å²) in [5.41, 5.74) is 3.63. The van der Waals surface area contributed by atoms with E-state index in [1.807, 2.05) is 0 Å². The van der Waals surface area contributed by atoms with Gasteiger partial charge in [0.2, 0.25) is 5.91 Å². The minimum Gasteiger partial charge on any atom is -0.381 e. The number of primary amides is 1. The third-order valence-electron chi connectivity index (χ3n) is 6.73. The van der Waals surface area contributed by atoms with E-state index in [4.69, 9.17) is 28.9 Å². The predicted octanol–water partition coefficient (Wildman–Crippen LogP) is 4.33. The van der Waals surface area contributed by atoms with Crippen molar-refractivity contribution in [2.45, 2.75) is 18.7 Å². The van der Waals surface area contributed by atoms with E-state index in [9.17, 15) is 32.7 Å². The van der Waals surface area contributed by atoms with Crippen LogP contribution in [0.1, 0.15) is 26.3 Å². The molecule has 0 aliphatic carbocycles. The Morgan fingerprint density at radius 2 is 1.73 bits per heavy atom. The number of amides is 3. The molecule has 4 aromatic rings. The number of aromatic nitrogens is 2. The van der Waals surface area contributed by atoms with Gasteiger partial charge >= 0.3 is 6.18 Å². The number of carbonyl (C=O) groups excluding carboxylic acids is 3. The zero-order valence-electron chi connectivity index (χ0n) is 23.4. The molecular formula is C29H27Cl2F3N6O4. The quantitative estimate of drug-likeness (QED) is 0.201. The molecule has 0 saturated carbocycles. The second-order valence-corrected chi connectivity index (χ2v) is 11.0. The first-order chi connectivity index (χ1) is 20.6. The lowest BCUT2D eigenvalue weighted by Crippen LogP contribution is -2.58. The highest BCUT2D eigenvalue weighted by Gasteiger charge is 2.54. The molecule has 1 heterocycles. The molecule has 4 rings (SSSR count). The van der Waals surface area contributed by atoms with Gasteiger partial charge in [-0.15, -0.1) is 0 Å². The van der Waals surface area contributed by atoms with Gasteiger partial charge in [0.05, 0.1) is 52.6 Å². The minimum atomic E-state index is -5.14. The monoisotopic (exact) mass is 650 g/mol. The molecule has 5 N–H and O–H groups in total. The summed E-state index contributed by atoms with van der Waals surface area (Å²) in [5, 5.41) is 20.7. The molecule has 1 aromatic heterocycles. The maximum absolute atomic E-state index is 14.3. The summed E-state index contributed by atoms with van der Waals surface area (Å²) < 4.78 is 44.3. The van der Waals surface area contributed by atoms with Crippen LogP contribution in [0.15, 0.2) is 60.8 Å². The summed E-state index contributed by atoms with van der Waals surface area (Å²) in [4.78, 5) is 37.1. The molecule has 3 aromatic carbocycles. The smallest absolute Gasteiger partial charge is 0.381 e. The van der Waals surface area contributed by atoms with Gasteiger partial charge in [0.1, 0.15) is 0 Å². The number of halogens is 5.